The van der Waals surface area contributed by atoms with E-state index in [0.29, 0.717) is 10.9 Å². The van der Waals surface area contributed by atoms with Crippen molar-refractivity contribution in [3.8, 4) is 11.5 Å². The number of nitrogens with zero attached hydrogens (tertiary/aromatic N) is 1. The Kier molecular flexibility index (Phi) is 5.52. The van der Waals surface area contributed by atoms with Gasteiger partial charge in [0.1, 0.15) is 11.5 Å². The number of fused-ring (bicyclic) bond motifs is 1. The summed E-state index contributed by atoms with van der Waals surface area (Å²) in [4.78, 5) is 12.6. The Morgan fingerprint density at radius 3 is 2.33 bits per heavy atom. The molecule has 30 heavy (non-hydrogen) atoms. The van der Waals surface area contributed by atoms with Gasteiger partial charge in [0.25, 0.3) is 10.0 Å². The molecule has 0 aliphatic carbocycles. The zero-order valence-electron chi connectivity index (χ0n) is 17.6. The van der Waals surface area contributed by atoms with E-state index >= 15 is 0 Å². The Hall–Kier alpha value is -3.06. The summed E-state index contributed by atoms with van der Waals surface area (Å²) < 4.78 is 33.0. The molecule has 0 saturated carbocycles. The summed E-state index contributed by atoms with van der Waals surface area (Å²) in [5, 5.41) is 11.2. The highest BCUT2D eigenvalue weighted by atomic mass is 32.2. The fourth-order valence-corrected chi connectivity index (χ4v) is 4.27. The molecule has 3 rings (SSSR count). The first-order valence-electron chi connectivity index (χ1n) is 9.51. The molecule has 0 amide bonds. The number of hydrogen-bond donors (Lipinski definition) is 1. The summed E-state index contributed by atoms with van der Waals surface area (Å²) >= 11 is 0. The number of carbonyl (C=O) groups excluding carboxylic acids is 1. The quantitative estimate of drug-likeness (QED) is 0.474. The van der Waals surface area contributed by atoms with E-state index in [2.05, 4.69) is 0 Å². The topological polar surface area (TPSA) is 85.6 Å². The van der Waals surface area contributed by atoms with Gasteiger partial charge in [0, 0.05) is 17.6 Å². The van der Waals surface area contributed by atoms with Crippen LogP contribution in [0.2, 0.25) is 0 Å². The molecule has 1 aromatic heterocycles. The minimum atomic E-state index is -3.91. The molecule has 0 aliphatic heterocycles. The number of hydrogen-bond acceptors (Lipinski definition) is 5. The Bertz CT molecular complexity index is 1240. The molecular weight excluding hydrogens is 402 g/mol. The van der Waals surface area contributed by atoms with Crippen LogP contribution in [-0.4, -0.2) is 23.5 Å². The minimum absolute atomic E-state index is 0.0945. The minimum Gasteiger partial charge on any atom is -0.506 e. The lowest BCUT2D eigenvalue weighted by Crippen LogP contribution is -2.25. The number of ether oxygens (including phenoxy) is 1. The third-order valence-corrected chi connectivity index (χ3v) is 6.36. The van der Waals surface area contributed by atoms with Crippen LogP contribution in [0, 0.1) is 12.3 Å². The van der Waals surface area contributed by atoms with Crippen LogP contribution in [0.4, 0.5) is 0 Å². The van der Waals surface area contributed by atoms with Crippen LogP contribution in [0.5, 0.6) is 11.5 Å². The maximum atomic E-state index is 13.2. The number of benzene rings is 2. The molecule has 0 unspecified atom stereocenters. The molecule has 2 aromatic carbocycles. The Labute approximate surface area is 176 Å². The third kappa shape index (κ3) is 3.85. The molecule has 0 atom stereocenters. The van der Waals surface area contributed by atoms with Gasteiger partial charge >= 0.3 is 5.97 Å². The van der Waals surface area contributed by atoms with Gasteiger partial charge in [-0.25, -0.2) is 12.4 Å². The van der Waals surface area contributed by atoms with Crippen LogP contribution in [0.3, 0.4) is 0 Å². The van der Waals surface area contributed by atoms with Crippen molar-refractivity contribution in [1.29, 1.82) is 0 Å². The maximum Gasteiger partial charge on any atom is 0.316 e. The molecule has 6 nitrogen and oxygen atoms in total. The van der Waals surface area contributed by atoms with Crippen LogP contribution in [0.1, 0.15) is 38.8 Å². The molecule has 0 radical (unpaired) electrons. The van der Waals surface area contributed by atoms with Gasteiger partial charge in [0.05, 0.1) is 21.4 Å². The highest BCUT2D eigenvalue weighted by molar-refractivity contribution is 7.90. The first kappa shape index (κ1) is 21.6. The Balaban J connectivity index is 2.24. The first-order chi connectivity index (χ1) is 14.0. The number of rotatable bonds is 4. The highest BCUT2D eigenvalue weighted by Gasteiger charge is 2.27. The van der Waals surface area contributed by atoms with Gasteiger partial charge in [-0.3, -0.25) is 4.79 Å². The van der Waals surface area contributed by atoms with Crippen LogP contribution in [0.25, 0.3) is 17.0 Å². The van der Waals surface area contributed by atoms with Crippen molar-refractivity contribution >= 4 is 33.0 Å². The van der Waals surface area contributed by atoms with Crippen molar-refractivity contribution < 1.29 is 23.1 Å². The highest BCUT2D eigenvalue weighted by Crippen LogP contribution is 2.39. The summed E-state index contributed by atoms with van der Waals surface area (Å²) in [7, 11) is -3.91. The monoisotopic (exact) mass is 427 g/mol. The summed E-state index contributed by atoms with van der Waals surface area (Å²) in [5.41, 5.74) is 0.704. The summed E-state index contributed by atoms with van der Waals surface area (Å²) in [6.45, 7) is 8.79. The average Bonchev–Trinajstić information content (AvgIpc) is 3.09. The van der Waals surface area contributed by atoms with Gasteiger partial charge in [-0.1, -0.05) is 29.8 Å². The SMILES string of the molecule is C/C=C/c1c(OC(=O)C(C)(C)C)cc2c(ccn2S(=O)(=O)c2ccc(C)cc2)c1O. The number of esters is 1. The molecule has 7 heteroatoms. The maximum absolute atomic E-state index is 13.2. The predicted molar refractivity (Wildman–Crippen MR) is 117 cm³/mol. The normalized spacial score (nSPS) is 12.6. The van der Waals surface area contributed by atoms with Crippen molar-refractivity contribution in [2.45, 2.75) is 39.5 Å². The fraction of sp³-hybridized carbons (Fsp3) is 0.261. The molecule has 0 aliphatic rings. The van der Waals surface area contributed by atoms with Crippen LogP contribution in [0.15, 0.2) is 53.6 Å². The van der Waals surface area contributed by atoms with Crippen molar-refractivity contribution in [1.82, 2.24) is 3.97 Å². The number of allylic oxidation sites excluding steroid dienone is 1. The van der Waals surface area contributed by atoms with Crippen molar-refractivity contribution in [2.75, 3.05) is 0 Å². The van der Waals surface area contributed by atoms with Gasteiger partial charge in [0.15, 0.2) is 0 Å². The molecule has 0 fully saturated rings. The molecule has 3 aromatic rings. The number of carbonyl (C=O) groups is 1. The molecule has 0 spiro atoms. The second-order valence-electron chi connectivity index (χ2n) is 8.14. The van der Waals surface area contributed by atoms with Crippen LogP contribution < -0.4 is 4.74 Å². The van der Waals surface area contributed by atoms with Gasteiger partial charge in [-0.15, -0.1) is 0 Å². The molecule has 1 heterocycles. The molecule has 158 valence electrons. The van der Waals surface area contributed by atoms with Gasteiger partial charge in [-0.2, -0.15) is 0 Å². The van der Waals surface area contributed by atoms with E-state index < -0.39 is 21.4 Å². The number of phenols is 1. The van der Waals surface area contributed by atoms with E-state index in [9.17, 15) is 18.3 Å². The van der Waals surface area contributed by atoms with Crippen LogP contribution >= 0.6 is 0 Å². The second-order valence-corrected chi connectivity index (χ2v) is 9.95. The Morgan fingerprint density at radius 1 is 1.13 bits per heavy atom. The molecule has 0 saturated heterocycles. The lowest BCUT2D eigenvalue weighted by atomic mass is 9.97. The van der Waals surface area contributed by atoms with E-state index in [4.69, 9.17) is 4.74 Å². The van der Waals surface area contributed by atoms with Gasteiger partial charge < -0.3 is 9.84 Å². The number of phenolic OH excluding ortho intramolecular Hbond substituents is 1. The summed E-state index contributed by atoms with van der Waals surface area (Å²) in [6.07, 6.45) is 4.70. The lowest BCUT2D eigenvalue weighted by molar-refractivity contribution is -0.143. The number of aromatic nitrogens is 1. The summed E-state index contributed by atoms with van der Waals surface area (Å²) in [5.74, 6) is -0.552. The standard InChI is InChI=1S/C23H25NO5S/c1-6-7-18-20(29-22(26)23(3,4)5)14-19-17(21(18)25)12-13-24(19)30(27,28)16-10-8-15(2)9-11-16/h6-14,25H,1-5H3/b7-6+. The predicted octanol–water partition coefficient (Wildman–Crippen LogP) is 4.88. The second kappa shape index (κ2) is 7.65. The molecule has 1 N–H and O–H groups in total. The summed E-state index contributed by atoms with van der Waals surface area (Å²) in [6, 6.07) is 9.50. The molecule has 0 bridgehead atoms. The van der Waals surface area contributed by atoms with Crippen molar-refractivity contribution in [3.05, 3.63) is 59.8 Å². The fourth-order valence-electron chi connectivity index (χ4n) is 2.93. The average molecular weight is 428 g/mol. The van der Waals surface area contributed by atoms with E-state index in [0.717, 1.165) is 9.54 Å². The van der Waals surface area contributed by atoms with Crippen LogP contribution in [-0.2, 0) is 14.8 Å². The smallest absolute Gasteiger partial charge is 0.316 e. The van der Waals surface area contributed by atoms with E-state index in [1.165, 1.54) is 30.5 Å². The largest absolute Gasteiger partial charge is 0.506 e. The van der Waals surface area contributed by atoms with Gasteiger partial charge in [-0.05, 0) is 52.8 Å². The van der Waals surface area contributed by atoms with Crippen molar-refractivity contribution in [3.63, 3.8) is 0 Å². The van der Waals surface area contributed by atoms with E-state index in [-0.39, 0.29) is 21.9 Å². The van der Waals surface area contributed by atoms with E-state index in [1.54, 1.807) is 52.0 Å². The third-order valence-electron chi connectivity index (χ3n) is 4.66. The van der Waals surface area contributed by atoms with Crippen molar-refractivity contribution in [2.24, 2.45) is 5.41 Å². The first-order valence-corrected chi connectivity index (χ1v) is 10.9. The molecular formula is C23H25NO5S. The Morgan fingerprint density at radius 2 is 1.77 bits per heavy atom. The zero-order chi connectivity index (χ0) is 22.3. The van der Waals surface area contributed by atoms with E-state index in [1.807, 2.05) is 6.92 Å². The number of aromatic hydroxyl groups is 1. The lowest BCUT2D eigenvalue weighted by Gasteiger charge is -2.18. The number of aryl methyl sites for hydroxylation is 1. The van der Waals surface area contributed by atoms with Gasteiger partial charge in [0.2, 0.25) is 0 Å². The zero-order valence-corrected chi connectivity index (χ0v) is 18.4.